The molecular weight excluding hydrogens is 330 g/mol. The number of fused-ring (bicyclic) bond motifs is 1. The van der Waals surface area contributed by atoms with Gasteiger partial charge in [-0.05, 0) is 43.7 Å². The lowest BCUT2D eigenvalue weighted by Crippen LogP contribution is -2.11. The van der Waals surface area contributed by atoms with Crippen molar-refractivity contribution in [1.82, 2.24) is 0 Å². The number of halogens is 1. The van der Waals surface area contributed by atoms with Crippen molar-refractivity contribution in [3.63, 3.8) is 0 Å². The first-order chi connectivity index (χ1) is 10.0. The average molecular weight is 344 g/mol. The Morgan fingerprint density at radius 2 is 1.95 bits per heavy atom. The van der Waals surface area contributed by atoms with E-state index in [0.717, 1.165) is 26.7 Å². The monoisotopic (exact) mass is 343 g/mol. The molecule has 0 aliphatic rings. The van der Waals surface area contributed by atoms with Crippen molar-refractivity contribution >= 4 is 38.5 Å². The third-order valence-corrected chi connectivity index (χ3v) is 4.05. The first kappa shape index (κ1) is 13.9. The van der Waals surface area contributed by atoms with Crippen molar-refractivity contribution in [1.29, 1.82) is 0 Å². The van der Waals surface area contributed by atoms with Crippen LogP contribution in [-0.4, -0.2) is 5.91 Å². The van der Waals surface area contributed by atoms with Gasteiger partial charge >= 0.3 is 0 Å². The predicted molar refractivity (Wildman–Crippen MR) is 87.8 cm³/mol. The summed E-state index contributed by atoms with van der Waals surface area (Å²) in [7, 11) is 0. The number of hydrogen-bond acceptors (Lipinski definition) is 2. The molecule has 0 aliphatic heterocycles. The molecule has 0 spiro atoms. The fourth-order valence-corrected chi connectivity index (χ4v) is 2.74. The van der Waals surface area contributed by atoms with Gasteiger partial charge in [0.25, 0.3) is 5.91 Å². The number of aryl methyl sites for hydroxylation is 2. The molecule has 1 N–H and O–H groups in total. The van der Waals surface area contributed by atoms with E-state index in [1.807, 2.05) is 50.2 Å². The maximum absolute atomic E-state index is 12.3. The minimum absolute atomic E-state index is 0.245. The highest BCUT2D eigenvalue weighted by molar-refractivity contribution is 9.10. The number of carbonyl (C=O) groups excluding carboxylic acids is 1. The van der Waals surface area contributed by atoms with Gasteiger partial charge < -0.3 is 9.73 Å². The maximum Gasteiger partial charge on any atom is 0.291 e. The van der Waals surface area contributed by atoms with E-state index in [0.29, 0.717) is 11.3 Å². The number of anilines is 1. The van der Waals surface area contributed by atoms with E-state index in [1.54, 1.807) is 6.07 Å². The number of rotatable bonds is 2. The molecule has 0 aliphatic carbocycles. The lowest BCUT2D eigenvalue weighted by Gasteiger charge is -2.07. The highest BCUT2D eigenvalue weighted by atomic mass is 79.9. The van der Waals surface area contributed by atoms with Gasteiger partial charge in [-0.1, -0.05) is 39.7 Å². The molecule has 1 aromatic heterocycles. The summed E-state index contributed by atoms with van der Waals surface area (Å²) < 4.78 is 6.52. The second kappa shape index (κ2) is 5.37. The Kier molecular flexibility index (Phi) is 3.55. The lowest BCUT2D eigenvalue weighted by molar-refractivity contribution is 0.0998. The normalized spacial score (nSPS) is 10.8. The molecule has 3 nitrogen and oxygen atoms in total. The van der Waals surface area contributed by atoms with Gasteiger partial charge in [-0.2, -0.15) is 0 Å². The minimum Gasteiger partial charge on any atom is -0.451 e. The SMILES string of the molecule is Cc1ccc(NC(=O)c2cc3c(Br)cccc3o2)c(C)c1. The summed E-state index contributed by atoms with van der Waals surface area (Å²) in [4.78, 5) is 12.3. The van der Waals surface area contributed by atoms with Gasteiger partial charge in [-0.3, -0.25) is 4.79 Å². The summed E-state index contributed by atoms with van der Waals surface area (Å²) in [6.07, 6.45) is 0. The van der Waals surface area contributed by atoms with E-state index in [2.05, 4.69) is 21.2 Å². The van der Waals surface area contributed by atoms with Crippen molar-refractivity contribution in [2.75, 3.05) is 5.32 Å². The molecule has 0 saturated carbocycles. The first-order valence-corrected chi connectivity index (χ1v) is 7.40. The summed E-state index contributed by atoms with van der Waals surface area (Å²) in [5.41, 5.74) is 3.68. The molecule has 106 valence electrons. The third-order valence-electron chi connectivity index (χ3n) is 3.36. The fourth-order valence-electron chi connectivity index (χ4n) is 2.27. The summed E-state index contributed by atoms with van der Waals surface area (Å²) in [5.74, 6) is 0.0573. The zero-order valence-electron chi connectivity index (χ0n) is 11.7. The van der Waals surface area contributed by atoms with Crippen LogP contribution in [0.2, 0.25) is 0 Å². The van der Waals surface area contributed by atoms with Crippen molar-refractivity contribution in [2.24, 2.45) is 0 Å². The van der Waals surface area contributed by atoms with Gasteiger partial charge in [-0.15, -0.1) is 0 Å². The molecule has 1 amide bonds. The highest BCUT2D eigenvalue weighted by Gasteiger charge is 2.14. The van der Waals surface area contributed by atoms with E-state index >= 15 is 0 Å². The molecule has 0 unspecified atom stereocenters. The first-order valence-electron chi connectivity index (χ1n) is 6.61. The highest BCUT2D eigenvalue weighted by Crippen LogP contribution is 2.27. The zero-order chi connectivity index (χ0) is 15.0. The number of furan rings is 1. The van der Waals surface area contributed by atoms with E-state index in [-0.39, 0.29) is 5.91 Å². The minimum atomic E-state index is -0.245. The smallest absolute Gasteiger partial charge is 0.291 e. The van der Waals surface area contributed by atoms with Crippen LogP contribution in [0.5, 0.6) is 0 Å². The van der Waals surface area contributed by atoms with Crippen LogP contribution >= 0.6 is 15.9 Å². The van der Waals surface area contributed by atoms with Crippen molar-refractivity contribution in [2.45, 2.75) is 13.8 Å². The van der Waals surface area contributed by atoms with Gasteiger partial charge in [0.2, 0.25) is 0 Å². The van der Waals surface area contributed by atoms with E-state index < -0.39 is 0 Å². The van der Waals surface area contributed by atoms with Crippen molar-refractivity contribution in [3.05, 3.63) is 63.8 Å². The Labute approximate surface area is 131 Å². The van der Waals surface area contributed by atoms with Crippen LogP contribution < -0.4 is 5.32 Å². The Morgan fingerprint density at radius 1 is 1.14 bits per heavy atom. The Morgan fingerprint density at radius 3 is 2.67 bits per heavy atom. The van der Waals surface area contributed by atoms with Crippen LogP contribution in [0.4, 0.5) is 5.69 Å². The van der Waals surface area contributed by atoms with Gasteiger partial charge in [-0.25, -0.2) is 0 Å². The fraction of sp³-hybridized carbons (Fsp3) is 0.118. The number of benzene rings is 2. The quantitative estimate of drug-likeness (QED) is 0.706. The molecule has 3 rings (SSSR count). The van der Waals surface area contributed by atoms with Gasteiger partial charge in [0.15, 0.2) is 5.76 Å². The summed E-state index contributed by atoms with van der Waals surface area (Å²) in [6, 6.07) is 13.3. The number of amides is 1. The van der Waals surface area contributed by atoms with Gasteiger partial charge in [0.05, 0.1) is 0 Å². The molecule has 0 atom stereocenters. The molecule has 0 fully saturated rings. The molecule has 0 saturated heterocycles. The predicted octanol–water partition coefficient (Wildman–Crippen LogP) is 5.06. The number of nitrogens with one attached hydrogen (secondary N) is 1. The standard InChI is InChI=1S/C17H14BrNO2/c1-10-6-7-14(11(2)8-10)19-17(20)16-9-12-13(18)4-3-5-15(12)21-16/h3-9H,1-2H3,(H,19,20). The van der Waals surface area contributed by atoms with Crippen molar-refractivity contribution < 1.29 is 9.21 Å². The van der Waals surface area contributed by atoms with Gasteiger partial charge in [0.1, 0.15) is 5.58 Å². The molecule has 4 heteroatoms. The molecule has 3 aromatic rings. The second-order valence-corrected chi connectivity index (χ2v) is 5.89. The van der Waals surface area contributed by atoms with Crippen LogP contribution in [0, 0.1) is 13.8 Å². The zero-order valence-corrected chi connectivity index (χ0v) is 13.3. The average Bonchev–Trinajstić information content (AvgIpc) is 2.87. The lowest BCUT2D eigenvalue weighted by atomic mass is 10.1. The van der Waals surface area contributed by atoms with Crippen LogP contribution in [0.15, 0.2) is 51.4 Å². The molecule has 1 heterocycles. The maximum atomic E-state index is 12.3. The molecule has 0 bridgehead atoms. The largest absolute Gasteiger partial charge is 0.451 e. The van der Waals surface area contributed by atoms with Gasteiger partial charge in [0, 0.05) is 15.5 Å². The van der Waals surface area contributed by atoms with Crippen LogP contribution in [0.25, 0.3) is 11.0 Å². The van der Waals surface area contributed by atoms with Crippen LogP contribution in [0.1, 0.15) is 21.7 Å². The topological polar surface area (TPSA) is 42.2 Å². The molecular formula is C17H14BrNO2. The Balaban J connectivity index is 1.92. The molecule has 0 radical (unpaired) electrons. The third kappa shape index (κ3) is 2.72. The van der Waals surface area contributed by atoms with E-state index in [9.17, 15) is 4.79 Å². The summed E-state index contributed by atoms with van der Waals surface area (Å²) in [6.45, 7) is 3.99. The number of carbonyl (C=O) groups is 1. The van der Waals surface area contributed by atoms with Crippen LogP contribution in [0.3, 0.4) is 0 Å². The summed E-state index contributed by atoms with van der Waals surface area (Å²) >= 11 is 3.45. The van der Waals surface area contributed by atoms with Crippen LogP contribution in [-0.2, 0) is 0 Å². The summed E-state index contributed by atoms with van der Waals surface area (Å²) in [5, 5.41) is 3.78. The van der Waals surface area contributed by atoms with E-state index in [4.69, 9.17) is 4.42 Å². The molecule has 21 heavy (non-hydrogen) atoms. The molecule has 2 aromatic carbocycles. The van der Waals surface area contributed by atoms with E-state index in [1.165, 1.54) is 0 Å². The second-order valence-electron chi connectivity index (χ2n) is 5.03. The Bertz CT molecular complexity index is 836. The Hall–Kier alpha value is -2.07. The van der Waals surface area contributed by atoms with Crippen molar-refractivity contribution in [3.8, 4) is 0 Å². The number of hydrogen-bond donors (Lipinski definition) is 1.